The van der Waals surface area contributed by atoms with Crippen LogP contribution in [0, 0.1) is 11.6 Å². The number of amides is 2. The summed E-state index contributed by atoms with van der Waals surface area (Å²) < 4.78 is 95.3. The van der Waals surface area contributed by atoms with E-state index in [4.69, 9.17) is 19.8 Å². The molecule has 4 aliphatic rings. The van der Waals surface area contributed by atoms with E-state index in [1.165, 1.54) is 34.4 Å². The van der Waals surface area contributed by atoms with Crippen molar-refractivity contribution in [2.45, 2.75) is 90.6 Å². The number of nitrogens with zero attached hydrogens (tertiary/aromatic N) is 6. The molecule has 24 heteroatoms. The summed E-state index contributed by atoms with van der Waals surface area (Å²) in [6.07, 6.45) is -10.4. The Kier molecular flexibility index (Phi) is 28.9. The molecule has 0 spiro atoms. The van der Waals surface area contributed by atoms with Crippen LogP contribution in [0.2, 0.25) is 0 Å². The Hall–Kier alpha value is -9.24. The minimum atomic E-state index is -5.19. The Labute approximate surface area is 615 Å². The molecule has 2 amide bonds. The molecule has 4 heterocycles. The second-order valence-electron chi connectivity index (χ2n) is 28.5. The minimum absolute atomic E-state index is 0.120. The van der Waals surface area contributed by atoms with Crippen LogP contribution in [-0.2, 0) is 61.9 Å². The lowest BCUT2D eigenvalue weighted by atomic mass is 10.00. The molecule has 0 saturated carbocycles. The SMILES string of the molecule is C[C@H]1CN(Cc2cccc(-c3cc(CNC(=O)c4cccc(CN5CC[N+](C)(Cc6ccccc6)CC5)c4)ccc3F)c2)CCN1.C[C@H]1CN(Cc2cccc(-c3cc(CNC(=O)c4cccc(CN5CC[N+](C)(Cc6ccccc6)CC5)c4)ccc3F)c2)CCN1.O=C([O-])C(F)(F)F.O=C([O-])C(F)(F)F. The van der Waals surface area contributed by atoms with Gasteiger partial charge in [0.25, 0.3) is 11.8 Å². The van der Waals surface area contributed by atoms with Crippen molar-refractivity contribution >= 4 is 23.8 Å². The number of piperazine rings is 4. The summed E-state index contributed by atoms with van der Waals surface area (Å²) in [5.74, 6) is -6.77. The average molecular weight is 1470 g/mol. The molecular formula is C82H94F8N10O6. The second-order valence-corrected chi connectivity index (χ2v) is 28.5. The van der Waals surface area contributed by atoms with Crippen molar-refractivity contribution in [3.63, 3.8) is 0 Å². The Balaban J connectivity index is 0.000000208. The molecule has 4 saturated heterocycles. The molecule has 0 radical (unpaired) electrons. The summed E-state index contributed by atoms with van der Waals surface area (Å²) in [6, 6.07) is 64.9. The fraction of sp³-hybridized carbons (Fsp3) is 0.366. The Morgan fingerprint density at radius 3 is 1.08 bits per heavy atom. The maximum atomic E-state index is 15.0. The zero-order valence-corrected chi connectivity index (χ0v) is 60.3. The molecule has 0 unspecified atom stereocenters. The van der Waals surface area contributed by atoms with Crippen LogP contribution in [0.15, 0.2) is 194 Å². The van der Waals surface area contributed by atoms with Gasteiger partial charge in [0.2, 0.25) is 0 Å². The van der Waals surface area contributed by atoms with Gasteiger partial charge in [-0.05, 0) is 119 Å². The number of carboxylic acids is 2. The van der Waals surface area contributed by atoms with E-state index in [0.29, 0.717) is 47.4 Å². The number of benzene rings is 8. The van der Waals surface area contributed by atoms with Gasteiger partial charge in [-0.1, -0.05) is 133 Å². The van der Waals surface area contributed by atoms with E-state index in [-0.39, 0.29) is 23.4 Å². The monoisotopic (exact) mass is 1470 g/mol. The smallest absolute Gasteiger partial charge is 0.430 e. The molecule has 0 aliphatic carbocycles. The molecule has 4 fully saturated rings. The van der Waals surface area contributed by atoms with Gasteiger partial charge in [-0.2, -0.15) is 26.3 Å². The van der Waals surface area contributed by atoms with Crippen LogP contribution in [0.25, 0.3) is 22.3 Å². The molecule has 564 valence electrons. The number of carboxylic acid groups (broad SMARTS) is 2. The largest absolute Gasteiger partial charge is 0.542 e. The van der Waals surface area contributed by atoms with E-state index in [1.807, 2.05) is 72.8 Å². The molecule has 16 nitrogen and oxygen atoms in total. The van der Waals surface area contributed by atoms with Gasteiger partial charge in [-0.3, -0.25) is 29.2 Å². The lowest BCUT2D eigenvalue weighted by molar-refractivity contribution is -0.926. The predicted molar refractivity (Wildman–Crippen MR) is 389 cm³/mol. The Bertz CT molecular complexity index is 3930. The van der Waals surface area contributed by atoms with Crippen LogP contribution in [0.1, 0.15) is 79.1 Å². The fourth-order valence-electron chi connectivity index (χ4n) is 13.7. The van der Waals surface area contributed by atoms with Gasteiger partial charge in [0.05, 0.1) is 40.3 Å². The zero-order chi connectivity index (χ0) is 76.0. The summed E-state index contributed by atoms with van der Waals surface area (Å²) in [6.45, 7) is 25.1. The first-order valence-corrected chi connectivity index (χ1v) is 35.7. The van der Waals surface area contributed by atoms with Gasteiger partial charge < -0.3 is 50.0 Å². The van der Waals surface area contributed by atoms with Crippen molar-refractivity contribution in [3.05, 3.63) is 261 Å². The average Bonchev–Trinajstić information content (AvgIpc) is 0.828. The van der Waals surface area contributed by atoms with E-state index >= 15 is 8.78 Å². The number of rotatable bonds is 20. The number of quaternary nitrogens is 2. The quantitative estimate of drug-likeness (QED) is 0.0421. The van der Waals surface area contributed by atoms with Crippen LogP contribution in [0.4, 0.5) is 35.1 Å². The molecule has 12 rings (SSSR count). The molecule has 4 N–H and O–H groups in total. The third kappa shape index (κ3) is 25.5. The first kappa shape index (κ1) is 80.8. The summed E-state index contributed by atoms with van der Waals surface area (Å²) in [4.78, 5) is 53.8. The molecule has 2 atom stereocenters. The number of nitrogens with one attached hydrogen (secondary N) is 4. The normalized spacial score (nSPS) is 17.7. The third-order valence-electron chi connectivity index (χ3n) is 19.5. The van der Waals surface area contributed by atoms with Crippen molar-refractivity contribution < 1.29 is 73.5 Å². The molecule has 0 aromatic heterocycles. The third-order valence-corrected chi connectivity index (χ3v) is 19.5. The minimum Gasteiger partial charge on any atom is -0.542 e. The number of alkyl halides is 6. The molecule has 106 heavy (non-hydrogen) atoms. The van der Waals surface area contributed by atoms with E-state index in [2.05, 4.69) is 166 Å². The first-order valence-electron chi connectivity index (χ1n) is 35.7. The fourth-order valence-corrected chi connectivity index (χ4v) is 13.7. The topological polar surface area (TPSA) is 175 Å². The lowest BCUT2D eigenvalue weighted by Gasteiger charge is -2.42. The van der Waals surface area contributed by atoms with Crippen molar-refractivity contribution in [3.8, 4) is 22.3 Å². The highest BCUT2D eigenvalue weighted by atomic mass is 19.4. The van der Waals surface area contributed by atoms with Gasteiger partial charge >= 0.3 is 12.4 Å². The van der Waals surface area contributed by atoms with Gasteiger partial charge in [-0.15, -0.1) is 0 Å². The van der Waals surface area contributed by atoms with Gasteiger partial charge in [0, 0.05) is 150 Å². The Morgan fingerprint density at radius 1 is 0.415 bits per heavy atom. The summed E-state index contributed by atoms with van der Waals surface area (Å²) in [5, 5.41) is 30.7. The second kappa shape index (κ2) is 37.8. The van der Waals surface area contributed by atoms with Crippen LogP contribution >= 0.6 is 0 Å². The van der Waals surface area contributed by atoms with E-state index in [9.17, 15) is 35.9 Å². The van der Waals surface area contributed by atoms with E-state index in [1.54, 1.807) is 12.1 Å². The number of carbonyl (C=O) groups is 4. The molecular weight excluding hydrogens is 1370 g/mol. The number of likely N-dealkylation sites (N-methyl/N-ethyl adjacent to an activating group) is 2. The van der Waals surface area contributed by atoms with Crippen molar-refractivity contribution in [1.82, 2.24) is 40.9 Å². The molecule has 8 aromatic carbocycles. The number of hydrogen-bond donors (Lipinski definition) is 4. The highest BCUT2D eigenvalue weighted by Crippen LogP contribution is 2.29. The maximum Gasteiger partial charge on any atom is 0.430 e. The lowest BCUT2D eigenvalue weighted by Crippen LogP contribution is -2.56. The summed E-state index contributed by atoms with van der Waals surface area (Å²) in [5.41, 5.74) is 13.3. The summed E-state index contributed by atoms with van der Waals surface area (Å²) >= 11 is 0. The Morgan fingerprint density at radius 2 is 0.736 bits per heavy atom. The highest BCUT2D eigenvalue weighted by Gasteiger charge is 2.32. The van der Waals surface area contributed by atoms with Crippen molar-refractivity contribution in [2.24, 2.45) is 0 Å². The van der Waals surface area contributed by atoms with Crippen LogP contribution in [0.3, 0.4) is 0 Å². The van der Waals surface area contributed by atoms with Gasteiger partial charge in [0.15, 0.2) is 0 Å². The van der Waals surface area contributed by atoms with Crippen molar-refractivity contribution in [1.29, 1.82) is 0 Å². The van der Waals surface area contributed by atoms with Crippen LogP contribution in [0.5, 0.6) is 0 Å². The maximum absolute atomic E-state index is 15.0. The van der Waals surface area contributed by atoms with E-state index < -0.39 is 24.3 Å². The van der Waals surface area contributed by atoms with Crippen LogP contribution in [-0.4, -0.2) is 182 Å². The standard InChI is InChI=1S/2C39H46FN5O.2C2HF3O2/c2*1-30-26-44(17-16-41-30)28-33-10-6-12-35(22-33)37-24-32(14-15-38(37)40)25-42-39(46)36-13-7-11-34(23-36)27-43-18-20-45(2,21-19-43)29-31-8-4-3-5-9-31;2*3-2(4,5)1(6)7/h2*3-15,22-24,30,41H,16-21,25-29H2,1-2H3;2*(H,6,7)/t2*30-;;/m00../s1. The predicted octanol–water partition coefficient (Wildman–Crippen LogP) is 9.95. The molecule has 4 aliphatic heterocycles. The van der Waals surface area contributed by atoms with E-state index in [0.717, 1.165) is 173 Å². The zero-order valence-electron chi connectivity index (χ0n) is 60.3. The van der Waals surface area contributed by atoms with Gasteiger partial charge in [0.1, 0.15) is 36.7 Å². The number of hydrogen-bond acceptors (Lipinski definition) is 12. The molecule has 0 bridgehead atoms. The first-order chi connectivity index (χ1) is 50.5. The summed E-state index contributed by atoms with van der Waals surface area (Å²) in [7, 11) is 4.71. The highest BCUT2D eigenvalue weighted by molar-refractivity contribution is 5.95. The number of carbonyl (C=O) groups excluding carboxylic acids is 4. The number of halogens is 8. The van der Waals surface area contributed by atoms with Gasteiger partial charge in [-0.25, -0.2) is 8.78 Å². The molecule has 8 aromatic rings. The van der Waals surface area contributed by atoms with Crippen molar-refractivity contribution in [2.75, 3.05) is 106 Å². The van der Waals surface area contributed by atoms with Crippen LogP contribution < -0.4 is 31.5 Å². The number of aliphatic carboxylic acids is 2.